The summed E-state index contributed by atoms with van der Waals surface area (Å²) >= 11 is 1.32. The number of hydrazine groups is 1. The molecule has 7 N–H and O–H groups in total. The van der Waals surface area contributed by atoms with Crippen LogP contribution in [-0.4, -0.2) is 53.5 Å². The van der Waals surface area contributed by atoms with E-state index in [1.165, 1.54) is 43.5 Å². The first kappa shape index (κ1) is 29.2. The predicted octanol–water partition coefficient (Wildman–Crippen LogP) is 2.24. The molecule has 4 rings (SSSR count). The van der Waals surface area contributed by atoms with Crippen LogP contribution in [0.25, 0.3) is 5.57 Å². The zero-order valence-electron chi connectivity index (χ0n) is 21.9. The van der Waals surface area contributed by atoms with Gasteiger partial charge in [0.05, 0.1) is 18.6 Å². The Kier molecular flexibility index (Phi) is 9.83. The van der Waals surface area contributed by atoms with Gasteiger partial charge in [0.2, 0.25) is 0 Å². The molecule has 0 radical (unpaired) electrons. The van der Waals surface area contributed by atoms with E-state index in [1.807, 2.05) is 0 Å². The molecular formula is C28H31F2N7O2S. The number of aromatic nitrogens is 1. The second kappa shape index (κ2) is 13.5. The van der Waals surface area contributed by atoms with Crippen molar-refractivity contribution in [2.24, 2.45) is 22.5 Å². The largest absolute Gasteiger partial charge is 0.495 e. The molecule has 0 spiro atoms. The molecule has 1 amide bonds. The number of hydrogen-bond acceptors (Lipinski definition) is 9. The van der Waals surface area contributed by atoms with Gasteiger partial charge < -0.3 is 21.1 Å². The van der Waals surface area contributed by atoms with E-state index in [4.69, 9.17) is 16.3 Å². The van der Waals surface area contributed by atoms with Crippen molar-refractivity contribution in [3.8, 4) is 23.7 Å². The van der Waals surface area contributed by atoms with Gasteiger partial charge in [-0.1, -0.05) is 17.8 Å². The number of dihydropyridines is 1. The van der Waals surface area contributed by atoms with E-state index >= 15 is 0 Å². The number of amides is 1. The summed E-state index contributed by atoms with van der Waals surface area (Å²) in [4.78, 5) is 22.1. The lowest BCUT2D eigenvalue weighted by Gasteiger charge is -2.23. The molecule has 3 aliphatic rings. The molecular weight excluding hydrogens is 536 g/mol. The van der Waals surface area contributed by atoms with Crippen LogP contribution in [0, 0.1) is 29.6 Å². The van der Waals surface area contributed by atoms with E-state index in [2.05, 4.69) is 49.7 Å². The molecule has 1 aliphatic heterocycles. The van der Waals surface area contributed by atoms with Crippen LogP contribution in [0.5, 0.6) is 0 Å². The summed E-state index contributed by atoms with van der Waals surface area (Å²) in [6.45, 7) is 0. The van der Waals surface area contributed by atoms with Gasteiger partial charge in [-0.3, -0.25) is 15.6 Å². The van der Waals surface area contributed by atoms with E-state index in [0.717, 1.165) is 25.7 Å². The standard InChI is InChI=1S/C28H31F2N7O2S/c1-39-24-16-34-23(26(29)30)14-21(24)20-13-19(7-8-28(9-10-28)36-12-2-11-31)33-15-22(20)27(38)35-17-40-25(37-32)6-5-18-3-4-18/h2,11-16,18,23,25-26,34,37H,3-4,9-10,17,31-32H2,1H3,(H,35,38)/b11-2-,36-12?. The highest BCUT2D eigenvalue weighted by atomic mass is 32.2. The lowest BCUT2D eigenvalue weighted by molar-refractivity contribution is 0.0960. The molecule has 12 heteroatoms. The molecule has 2 saturated carbocycles. The number of carbonyl (C=O) groups is 1. The number of rotatable bonds is 10. The van der Waals surface area contributed by atoms with Crippen molar-refractivity contribution in [1.29, 1.82) is 0 Å². The molecule has 2 unspecified atom stereocenters. The van der Waals surface area contributed by atoms with Crippen molar-refractivity contribution in [3.05, 3.63) is 59.4 Å². The summed E-state index contributed by atoms with van der Waals surface area (Å²) in [7, 11) is 1.43. The van der Waals surface area contributed by atoms with Crippen LogP contribution in [0.4, 0.5) is 8.78 Å². The minimum absolute atomic E-state index is 0.184. The second-order valence-corrected chi connectivity index (χ2v) is 10.4. The van der Waals surface area contributed by atoms with Gasteiger partial charge in [-0.2, -0.15) is 0 Å². The Labute approximate surface area is 236 Å². The smallest absolute Gasteiger partial charge is 0.261 e. The summed E-state index contributed by atoms with van der Waals surface area (Å²) in [6.07, 6.45) is 9.82. The van der Waals surface area contributed by atoms with Crippen LogP contribution in [0.15, 0.2) is 47.6 Å². The minimum atomic E-state index is -2.67. The van der Waals surface area contributed by atoms with Gasteiger partial charge >= 0.3 is 0 Å². The topological polar surface area (TPSA) is 140 Å². The first-order valence-corrected chi connectivity index (χ1v) is 13.8. The number of pyridine rings is 1. The van der Waals surface area contributed by atoms with Crippen molar-refractivity contribution in [3.63, 3.8) is 0 Å². The summed E-state index contributed by atoms with van der Waals surface area (Å²) < 4.78 is 32.7. The fraction of sp³-hybridized carbons (Fsp3) is 0.393. The maximum atomic E-state index is 13.6. The van der Waals surface area contributed by atoms with Gasteiger partial charge in [-0.15, -0.1) is 11.8 Å². The minimum Gasteiger partial charge on any atom is -0.495 e. The second-order valence-electron chi connectivity index (χ2n) is 9.31. The van der Waals surface area contributed by atoms with Gasteiger partial charge in [0.25, 0.3) is 12.3 Å². The van der Waals surface area contributed by atoms with Crippen LogP contribution >= 0.6 is 11.8 Å². The summed E-state index contributed by atoms with van der Waals surface area (Å²) in [5.41, 5.74) is 8.73. The number of nitrogens with one attached hydrogen (secondary N) is 3. The van der Waals surface area contributed by atoms with E-state index in [1.54, 1.807) is 18.4 Å². The molecule has 0 saturated heterocycles. The Morgan fingerprint density at radius 3 is 2.88 bits per heavy atom. The quantitative estimate of drug-likeness (QED) is 0.0954. The predicted molar refractivity (Wildman–Crippen MR) is 152 cm³/mol. The normalized spacial score (nSPS) is 20.0. The first-order valence-electron chi connectivity index (χ1n) is 12.7. The number of halogens is 2. The summed E-state index contributed by atoms with van der Waals surface area (Å²) in [6, 6.07) is 0.344. The van der Waals surface area contributed by atoms with Crippen molar-refractivity contribution in [2.45, 2.75) is 49.1 Å². The number of hydrogen-bond donors (Lipinski definition) is 5. The third-order valence-corrected chi connectivity index (χ3v) is 7.14. The number of nitrogens with zero attached hydrogens (tertiary/aromatic N) is 2. The average molecular weight is 568 g/mol. The van der Waals surface area contributed by atoms with Gasteiger partial charge in [0, 0.05) is 35.7 Å². The molecule has 0 aromatic carbocycles. The molecule has 1 aromatic heterocycles. The highest BCUT2D eigenvalue weighted by molar-refractivity contribution is 8.00. The molecule has 2 aliphatic carbocycles. The van der Waals surface area contributed by atoms with E-state index in [0.29, 0.717) is 28.5 Å². The Morgan fingerprint density at radius 2 is 2.23 bits per heavy atom. The highest BCUT2D eigenvalue weighted by Crippen LogP contribution is 2.39. The molecule has 0 bridgehead atoms. The molecule has 2 atom stereocenters. The van der Waals surface area contributed by atoms with Crippen LogP contribution in [0.2, 0.25) is 0 Å². The van der Waals surface area contributed by atoms with Crippen LogP contribution in [0.3, 0.4) is 0 Å². The molecule has 40 heavy (non-hydrogen) atoms. The lowest BCUT2D eigenvalue weighted by atomic mass is 9.95. The van der Waals surface area contributed by atoms with E-state index in [9.17, 15) is 13.6 Å². The SMILES string of the molecule is COC1=CNC(C(F)F)C=C1c1cc(C#CC2(N=C/C=C\N)CC2)ncc1C(=O)NCSC(C#CC1CC1)NN. The Bertz CT molecular complexity index is 1350. The van der Waals surface area contributed by atoms with Gasteiger partial charge in [-0.25, -0.2) is 19.2 Å². The molecule has 2 fully saturated rings. The number of allylic oxidation sites excluding steroid dienone is 2. The van der Waals surface area contributed by atoms with Crippen molar-refractivity contribution in [2.75, 3.05) is 13.0 Å². The van der Waals surface area contributed by atoms with E-state index in [-0.39, 0.29) is 16.8 Å². The average Bonchev–Trinajstić information content (AvgIpc) is 3.90. The number of ether oxygens (including phenoxy) is 1. The molecule has 1 aromatic rings. The zero-order chi connectivity index (χ0) is 28.5. The Hall–Kier alpha value is -3.84. The fourth-order valence-corrected chi connectivity index (χ4v) is 4.31. The van der Waals surface area contributed by atoms with Crippen LogP contribution in [0.1, 0.15) is 47.3 Å². The monoisotopic (exact) mass is 567 g/mol. The number of alkyl halides is 2. The van der Waals surface area contributed by atoms with Gasteiger partial charge in [-0.05, 0) is 56.0 Å². The molecule has 210 valence electrons. The maximum Gasteiger partial charge on any atom is 0.261 e. The highest BCUT2D eigenvalue weighted by Gasteiger charge is 2.40. The van der Waals surface area contributed by atoms with Gasteiger partial charge in [0.1, 0.15) is 28.4 Å². The number of nitrogens with two attached hydrogens (primary N) is 2. The Morgan fingerprint density at radius 1 is 1.43 bits per heavy atom. The fourth-order valence-electron chi connectivity index (χ4n) is 3.68. The number of aliphatic imine (C=N–C) groups is 1. The van der Waals surface area contributed by atoms with Crippen LogP contribution < -0.4 is 27.6 Å². The maximum absolute atomic E-state index is 13.6. The molecule has 9 nitrogen and oxygen atoms in total. The third kappa shape index (κ3) is 7.85. The number of carbonyl (C=O) groups excluding carboxylic acids is 1. The summed E-state index contributed by atoms with van der Waals surface area (Å²) in [5.74, 6) is 18.4. The Balaban J connectivity index is 1.61. The van der Waals surface area contributed by atoms with Crippen LogP contribution in [-0.2, 0) is 4.74 Å². The first-order chi connectivity index (χ1) is 19.4. The lowest BCUT2D eigenvalue weighted by Crippen LogP contribution is -2.34. The van der Waals surface area contributed by atoms with E-state index < -0.39 is 23.9 Å². The van der Waals surface area contributed by atoms with Crippen molar-refractivity contribution in [1.82, 2.24) is 21.0 Å². The number of methoxy groups -OCH3 is 1. The van der Waals surface area contributed by atoms with Crippen molar-refractivity contribution < 1.29 is 18.3 Å². The van der Waals surface area contributed by atoms with Crippen molar-refractivity contribution >= 4 is 29.5 Å². The summed E-state index contributed by atoms with van der Waals surface area (Å²) in [5, 5.41) is 5.09. The molecule has 2 heterocycles. The zero-order valence-corrected chi connectivity index (χ0v) is 22.7. The number of thioether (sulfide) groups is 1. The third-order valence-electron chi connectivity index (χ3n) is 6.24. The van der Waals surface area contributed by atoms with Gasteiger partial charge in [0.15, 0.2) is 0 Å².